The first-order valence-electron chi connectivity index (χ1n) is 14.8. The summed E-state index contributed by atoms with van der Waals surface area (Å²) in [6, 6.07) is 48.9. The largest absolute Gasteiger partial charge is 0.317 e. The summed E-state index contributed by atoms with van der Waals surface area (Å²) >= 11 is 0. The quantitative estimate of drug-likeness (QED) is 0.185. The summed E-state index contributed by atoms with van der Waals surface area (Å²) in [6.45, 7) is 10.1. The van der Waals surface area contributed by atoms with Gasteiger partial charge < -0.3 is 9.13 Å². The zero-order chi connectivity index (χ0) is 28.9. The molecule has 2 heterocycles. The maximum absolute atomic E-state index is 2.56. The number of fused-ring (bicyclic) bond motifs is 2. The Morgan fingerprint density at radius 3 is 1.21 bits per heavy atom. The number of rotatable bonds is 6. The molecule has 0 unspecified atom stereocenters. The molecule has 206 valence electrons. The van der Waals surface area contributed by atoms with Gasteiger partial charge in [0.1, 0.15) is 16.1 Å². The lowest BCUT2D eigenvalue weighted by Crippen LogP contribution is -2.57. The number of hydrogen-bond acceptors (Lipinski definition) is 0. The molecule has 0 amide bonds. The molecule has 0 aliphatic rings. The number of nitrogens with zero attached hydrogens (tertiary/aromatic N) is 2. The van der Waals surface area contributed by atoms with Crippen molar-refractivity contribution in [1.82, 2.24) is 9.13 Å². The molecule has 7 rings (SSSR count). The molecular weight excluding hydrogens is 541 g/mol. The van der Waals surface area contributed by atoms with E-state index in [0.717, 1.165) is 0 Å². The van der Waals surface area contributed by atoms with Crippen molar-refractivity contribution in [2.24, 2.45) is 0 Å². The molecule has 0 aliphatic heterocycles. The topological polar surface area (TPSA) is 9.86 Å². The minimum Gasteiger partial charge on any atom is -0.317 e. The Balaban J connectivity index is 1.35. The Morgan fingerprint density at radius 1 is 0.405 bits per heavy atom. The summed E-state index contributed by atoms with van der Waals surface area (Å²) in [5.41, 5.74) is 4.97. The Labute approximate surface area is 250 Å². The van der Waals surface area contributed by atoms with Crippen LogP contribution in [-0.2, 0) is 0 Å². The number of benzene rings is 5. The molecule has 0 spiro atoms. The van der Waals surface area contributed by atoms with Crippen LogP contribution in [0.1, 0.15) is 0 Å². The third-order valence-electron chi connectivity index (χ3n) is 9.15. The first-order valence-corrected chi connectivity index (χ1v) is 20.8. The van der Waals surface area contributed by atoms with E-state index in [4.69, 9.17) is 0 Å². The van der Waals surface area contributed by atoms with Gasteiger partial charge in [-0.25, -0.2) is 0 Å². The second-order valence-electron chi connectivity index (χ2n) is 12.4. The van der Waals surface area contributed by atoms with Gasteiger partial charge in [0.2, 0.25) is 0 Å². The van der Waals surface area contributed by atoms with Crippen molar-refractivity contribution in [2.75, 3.05) is 0 Å². The fourth-order valence-corrected chi connectivity index (χ4v) is 12.1. The maximum Gasteiger partial charge on any atom is 0.115 e. The molecule has 7 aromatic rings. The van der Waals surface area contributed by atoms with E-state index in [1.807, 2.05) is 0 Å². The Bertz CT molecular complexity index is 1890. The van der Waals surface area contributed by atoms with Gasteiger partial charge in [0.05, 0.1) is 11.0 Å². The molecule has 4 heteroatoms. The molecule has 0 aliphatic carbocycles. The van der Waals surface area contributed by atoms with Gasteiger partial charge in [-0.05, 0) is 57.5 Å². The molecule has 0 radical (unpaired) electrons. The van der Waals surface area contributed by atoms with E-state index in [2.05, 4.69) is 181 Å². The minimum atomic E-state index is -2.05. The third-order valence-corrected chi connectivity index (χ3v) is 16.1. The summed E-state index contributed by atoms with van der Waals surface area (Å²) in [5, 5.41) is 8.68. The van der Waals surface area contributed by atoms with E-state index in [9.17, 15) is 0 Å². The van der Waals surface area contributed by atoms with Crippen molar-refractivity contribution in [3.63, 3.8) is 0 Å². The average Bonchev–Trinajstić information content (AvgIpc) is 3.63. The highest BCUT2D eigenvalue weighted by atomic mass is 28.3. The fraction of sp³-hybridized carbons (Fsp3) is 0.105. The molecule has 0 N–H and O–H groups in total. The van der Waals surface area contributed by atoms with Crippen molar-refractivity contribution in [2.45, 2.75) is 26.2 Å². The number of para-hydroxylation sites is 4. The van der Waals surface area contributed by atoms with Crippen LogP contribution < -0.4 is 20.7 Å². The van der Waals surface area contributed by atoms with Gasteiger partial charge in [-0.15, -0.1) is 0 Å². The molecule has 2 nitrogen and oxygen atoms in total. The van der Waals surface area contributed by atoms with E-state index in [-0.39, 0.29) is 0 Å². The van der Waals surface area contributed by atoms with Crippen LogP contribution >= 0.6 is 0 Å². The van der Waals surface area contributed by atoms with Crippen LogP contribution in [0.15, 0.2) is 146 Å². The van der Waals surface area contributed by atoms with Crippen LogP contribution in [0.25, 0.3) is 33.2 Å². The summed E-state index contributed by atoms with van der Waals surface area (Å²) in [4.78, 5) is 0. The number of hydrogen-bond donors (Lipinski definition) is 0. The lowest BCUT2D eigenvalue weighted by atomic mass is 10.2. The van der Waals surface area contributed by atoms with Crippen LogP contribution in [0.4, 0.5) is 0 Å². The second-order valence-corrected chi connectivity index (χ2v) is 21.1. The lowest BCUT2D eigenvalue weighted by Gasteiger charge is -2.28. The molecule has 42 heavy (non-hydrogen) atoms. The molecular formula is C38H36N2Si2. The summed E-state index contributed by atoms with van der Waals surface area (Å²) in [6.07, 6.45) is 4.82. The van der Waals surface area contributed by atoms with Gasteiger partial charge in [0.15, 0.2) is 0 Å². The van der Waals surface area contributed by atoms with E-state index in [1.165, 1.54) is 53.9 Å². The van der Waals surface area contributed by atoms with Gasteiger partial charge in [0, 0.05) is 23.8 Å². The smallest absolute Gasteiger partial charge is 0.115 e. The summed E-state index contributed by atoms with van der Waals surface area (Å²) in [5.74, 6) is 0. The molecule has 5 aromatic carbocycles. The van der Waals surface area contributed by atoms with Gasteiger partial charge in [-0.1, -0.05) is 134 Å². The van der Waals surface area contributed by atoms with Crippen molar-refractivity contribution >= 4 is 58.7 Å². The van der Waals surface area contributed by atoms with Crippen LogP contribution in [0.2, 0.25) is 26.2 Å². The minimum absolute atomic E-state index is 1.21. The van der Waals surface area contributed by atoms with E-state index in [1.54, 1.807) is 0 Å². The van der Waals surface area contributed by atoms with Crippen molar-refractivity contribution in [3.05, 3.63) is 146 Å². The van der Waals surface area contributed by atoms with Gasteiger partial charge in [-0.2, -0.15) is 0 Å². The van der Waals surface area contributed by atoms with Crippen molar-refractivity contribution in [1.29, 1.82) is 0 Å². The first-order chi connectivity index (χ1) is 20.4. The van der Waals surface area contributed by atoms with Gasteiger partial charge in [-0.3, -0.25) is 0 Å². The van der Waals surface area contributed by atoms with Crippen molar-refractivity contribution in [3.8, 4) is 11.4 Å². The van der Waals surface area contributed by atoms with Gasteiger partial charge >= 0.3 is 0 Å². The standard InChI is InChI=1S/C38H36N2Si2/c1-41(2,37-27-39(29-16-7-5-8-17-29)35-24-13-11-22-33(35)37)31-20-15-21-32(26-31)42(3,4)38-28-40(30-18-9-6-10-19-30)36-25-14-12-23-34(36)38/h5-28H,1-4H3. The second kappa shape index (κ2) is 10.2. The predicted molar refractivity (Wildman–Crippen MR) is 186 cm³/mol. The lowest BCUT2D eigenvalue weighted by molar-refractivity contribution is 1.13. The predicted octanol–water partition coefficient (Wildman–Crippen LogP) is 7.22. The Hall–Kier alpha value is -4.39. The zero-order valence-electron chi connectivity index (χ0n) is 24.8. The SMILES string of the molecule is C[Si](C)(c1cccc([Si](C)(C)c2cn(-c3ccccc3)c3ccccc23)c1)c1cn(-c2ccccc2)c2ccccc12. The Morgan fingerprint density at radius 2 is 0.786 bits per heavy atom. The monoisotopic (exact) mass is 576 g/mol. The fourth-order valence-electron chi connectivity index (χ4n) is 6.57. The first kappa shape index (κ1) is 26.5. The highest BCUT2D eigenvalue weighted by Crippen LogP contribution is 2.24. The highest BCUT2D eigenvalue weighted by molar-refractivity contribution is 7.04. The van der Waals surface area contributed by atoms with Crippen molar-refractivity contribution < 1.29 is 0 Å². The molecule has 0 atom stereocenters. The van der Waals surface area contributed by atoms with Crippen LogP contribution in [0.3, 0.4) is 0 Å². The van der Waals surface area contributed by atoms with Crippen LogP contribution in [-0.4, -0.2) is 25.3 Å². The molecule has 2 aromatic heterocycles. The van der Waals surface area contributed by atoms with E-state index < -0.39 is 16.1 Å². The van der Waals surface area contributed by atoms with E-state index >= 15 is 0 Å². The summed E-state index contributed by atoms with van der Waals surface area (Å²) < 4.78 is 4.75. The molecule has 0 bridgehead atoms. The van der Waals surface area contributed by atoms with Crippen LogP contribution in [0, 0.1) is 0 Å². The zero-order valence-corrected chi connectivity index (χ0v) is 26.8. The normalized spacial score (nSPS) is 12.3. The number of aromatic nitrogens is 2. The molecule has 0 saturated carbocycles. The van der Waals surface area contributed by atoms with Crippen LogP contribution in [0.5, 0.6) is 0 Å². The summed E-state index contributed by atoms with van der Waals surface area (Å²) in [7, 11) is -4.10. The third kappa shape index (κ3) is 4.30. The highest BCUT2D eigenvalue weighted by Gasteiger charge is 2.34. The molecule has 0 saturated heterocycles. The maximum atomic E-state index is 2.56. The Kier molecular flexibility index (Phi) is 6.41. The average molecular weight is 577 g/mol. The molecule has 0 fully saturated rings. The van der Waals surface area contributed by atoms with Gasteiger partial charge in [0.25, 0.3) is 0 Å². The van der Waals surface area contributed by atoms with E-state index in [0.29, 0.717) is 0 Å².